The van der Waals surface area contributed by atoms with Crippen molar-refractivity contribution in [3.63, 3.8) is 0 Å². The van der Waals surface area contributed by atoms with Gasteiger partial charge in [-0.15, -0.1) is 0 Å². The molecule has 0 N–H and O–H groups in total. The van der Waals surface area contributed by atoms with Crippen LogP contribution in [0, 0.1) is 6.92 Å². The Morgan fingerprint density at radius 1 is 0.741 bits per heavy atom. The van der Waals surface area contributed by atoms with Crippen LogP contribution in [0.3, 0.4) is 0 Å². The topological polar surface area (TPSA) is 22.0 Å². The van der Waals surface area contributed by atoms with E-state index in [-0.39, 0.29) is 10.5 Å². The maximum Gasteiger partial charge on any atom is 0.201 e. The van der Waals surface area contributed by atoms with E-state index in [0.717, 1.165) is 22.5 Å². The first-order valence-electron chi connectivity index (χ1n) is 8.78. The maximum atomic E-state index is 12.7. The van der Waals surface area contributed by atoms with E-state index in [9.17, 15) is 4.79 Å². The summed E-state index contributed by atoms with van der Waals surface area (Å²) in [5.41, 5.74) is 5.33. The maximum absolute atomic E-state index is 12.7. The molecule has 3 aromatic carbocycles. The third-order valence-corrected chi connectivity index (χ3v) is 4.93. The van der Waals surface area contributed by atoms with E-state index in [1.54, 1.807) is 6.07 Å². The second-order valence-electron chi connectivity index (χ2n) is 6.46. The molecule has 0 atom stereocenters. The summed E-state index contributed by atoms with van der Waals surface area (Å²) in [5, 5.41) is 0.224. The summed E-state index contributed by atoms with van der Waals surface area (Å²) in [6.45, 7) is 2.05. The molecule has 0 unspecified atom stereocenters. The van der Waals surface area contributed by atoms with Gasteiger partial charge < -0.3 is 4.57 Å². The summed E-state index contributed by atoms with van der Waals surface area (Å²) in [6.07, 6.45) is 0. The van der Waals surface area contributed by atoms with Crippen LogP contribution in [0.4, 0.5) is 0 Å². The molecule has 1 heterocycles. The summed E-state index contributed by atoms with van der Waals surface area (Å²) in [4.78, 5) is 12.7. The van der Waals surface area contributed by atoms with Gasteiger partial charge in [0.2, 0.25) is 5.43 Å². The van der Waals surface area contributed by atoms with Gasteiger partial charge in [-0.3, -0.25) is 4.79 Å². The number of benzene rings is 3. The van der Waals surface area contributed by atoms with E-state index in [1.165, 1.54) is 5.56 Å². The Hall–Kier alpha value is -3.10. The Labute approximate surface area is 163 Å². The zero-order valence-electron chi connectivity index (χ0n) is 14.9. The van der Waals surface area contributed by atoms with Gasteiger partial charge in [-0.1, -0.05) is 90.0 Å². The number of nitrogens with zero attached hydrogens (tertiary/aromatic N) is 1. The highest BCUT2D eigenvalue weighted by atomic mass is 35.5. The number of aromatic nitrogens is 1. The molecule has 3 heteroatoms. The normalized spacial score (nSPS) is 10.7. The van der Waals surface area contributed by atoms with Crippen LogP contribution in [0.25, 0.3) is 28.2 Å². The predicted octanol–water partition coefficient (Wildman–Crippen LogP) is 6.13. The second kappa shape index (κ2) is 7.26. The summed E-state index contributed by atoms with van der Waals surface area (Å²) in [6, 6.07) is 29.5. The number of hydrogen-bond acceptors (Lipinski definition) is 1. The lowest BCUT2D eigenvalue weighted by atomic mass is 10.1. The minimum Gasteiger partial charge on any atom is -0.307 e. The molecule has 0 aliphatic carbocycles. The molecule has 1 aromatic heterocycles. The molecule has 4 aromatic rings. The molecule has 27 heavy (non-hydrogen) atoms. The van der Waals surface area contributed by atoms with Gasteiger partial charge >= 0.3 is 0 Å². The Bertz CT molecular complexity index is 1130. The van der Waals surface area contributed by atoms with Crippen molar-refractivity contribution in [2.45, 2.75) is 6.92 Å². The minimum absolute atomic E-state index is 0.183. The Kier molecular flexibility index (Phi) is 4.66. The van der Waals surface area contributed by atoms with E-state index in [2.05, 4.69) is 35.8 Å². The van der Waals surface area contributed by atoms with Gasteiger partial charge in [0.25, 0.3) is 0 Å². The monoisotopic (exact) mass is 371 g/mol. The molecule has 0 amide bonds. The van der Waals surface area contributed by atoms with Crippen LogP contribution in [0.2, 0.25) is 5.02 Å². The first-order chi connectivity index (χ1) is 13.1. The fourth-order valence-corrected chi connectivity index (χ4v) is 3.47. The van der Waals surface area contributed by atoms with E-state index >= 15 is 0 Å². The number of aryl methyl sites for hydroxylation is 1. The van der Waals surface area contributed by atoms with Gasteiger partial charge in [0, 0.05) is 17.3 Å². The average Bonchev–Trinajstić information content (AvgIpc) is 2.71. The van der Waals surface area contributed by atoms with Crippen molar-refractivity contribution in [3.05, 3.63) is 112 Å². The first-order valence-corrected chi connectivity index (χ1v) is 9.16. The molecule has 132 valence electrons. The zero-order chi connectivity index (χ0) is 18.8. The molecular formula is C24H18ClNO. The average molecular weight is 372 g/mol. The summed E-state index contributed by atoms with van der Waals surface area (Å²) < 4.78 is 2.06. The van der Waals surface area contributed by atoms with Crippen molar-refractivity contribution < 1.29 is 0 Å². The van der Waals surface area contributed by atoms with Gasteiger partial charge in [0.05, 0.1) is 11.4 Å². The smallest absolute Gasteiger partial charge is 0.201 e. The van der Waals surface area contributed by atoms with Gasteiger partial charge in [-0.05, 0) is 24.6 Å². The first kappa shape index (κ1) is 17.3. The van der Waals surface area contributed by atoms with Gasteiger partial charge in [-0.25, -0.2) is 0 Å². The molecular weight excluding hydrogens is 354 g/mol. The fraction of sp³-hybridized carbons (Fsp3) is 0.0417. The molecule has 0 bridgehead atoms. The molecule has 0 aliphatic rings. The third-order valence-electron chi connectivity index (χ3n) is 4.57. The number of rotatable bonds is 3. The van der Waals surface area contributed by atoms with Gasteiger partial charge in [0.15, 0.2) is 0 Å². The van der Waals surface area contributed by atoms with Crippen molar-refractivity contribution in [1.29, 1.82) is 0 Å². The van der Waals surface area contributed by atoms with E-state index in [1.807, 2.05) is 60.7 Å². The van der Waals surface area contributed by atoms with Gasteiger partial charge in [0.1, 0.15) is 5.02 Å². The lowest BCUT2D eigenvalue weighted by molar-refractivity contribution is 1.06. The van der Waals surface area contributed by atoms with Gasteiger partial charge in [-0.2, -0.15) is 0 Å². The van der Waals surface area contributed by atoms with Crippen molar-refractivity contribution >= 4 is 11.6 Å². The second-order valence-corrected chi connectivity index (χ2v) is 6.84. The minimum atomic E-state index is -0.183. The van der Waals surface area contributed by atoms with Crippen LogP contribution in [0.15, 0.2) is 95.8 Å². The van der Waals surface area contributed by atoms with Crippen LogP contribution >= 0.6 is 11.6 Å². The molecule has 0 spiro atoms. The van der Waals surface area contributed by atoms with E-state index in [0.29, 0.717) is 5.69 Å². The summed E-state index contributed by atoms with van der Waals surface area (Å²) in [7, 11) is 0. The van der Waals surface area contributed by atoms with E-state index in [4.69, 9.17) is 11.6 Å². The van der Waals surface area contributed by atoms with Crippen molar-refractivity contribution in [3.8, 4) is 28.2 Å². The van der Waals surface area contributed by atoms with Crippen molar-refractivity contribution in [2.75, 3.05) is 0 Å². The molecule has 0 fully saturated rings. The molecule has 2 nitrogen and oxygen atoms in total. The van der Waals surface area contributed by atoms with Crippen LogP contribution in [0.5, 0.6) is 0 Å². The predicted molar refractivity (Wildman–Crippen MR) is 113 cm³/mol. The molecule has 0 aliphatic heterocycles. The highest BCUT2D eigenvalue weighted by molar-refractivity contribution is 6.33. The third kappa shape index (κ3) is 3.32. The SMILES string of the molecule is Cc1ccc(-n2c(-c3ccccc3)cc(=O)c(Cl)c2-c2ccccc2)cc1. The Balaban J connectivity index is 2.13. The fourth-order valence-electron chi connectivity index (χ4n) is 3.22. The Morgan fingerprint density at radius 2 is 1.30 bits per heavy atom. The van der Waals surface area contributed by atoms with Crippen molar-refractivity contribution in [2.24, 2.45) is 0 Å². The molecule has 0 saturated carbocycles. The van der Waals surface area contributed by atoms with Crippen LogP contribution in [0.1, 0.15) is 5.56 Å². The molecule has 4 rings (SSSR count). The lowest BCUT2D eigenvalue weighted by Gasteiger charge is -2.21. The standard InChI is InChI=1S/C24H18ClNO/c1-17-12-14-20(15-13-17)26-21(18-8-4-2-5-9-18)16-22(27)23(25)24(26)19-10-6-3-7-11-19/h2-16H,1H3. The quantitative estimate of drug-likeness (QED) is 0.424. The molecule has 0 radical (unpaired) electrons. The highest BCUT2D eigenvalue weighted by Gasteiger charge is 2.18. The highest BCUT2D eigenvalue weighted by Crippen LogP contribution is 2.33. The molecule has 0 saturated heterocycles. The number of hydrogen-bond donors (Lipinski definition) is 0. The Morgan fingerprint density at radius 3 is 1.89 bits per heavy atom. The lowest BCUT2D eigenvalue weighted by Crippen LogP contribution is -2.13. The summed E-state index contributed by atoms with van der Waals surface area (Å²) in [5.74, 6) is 0. The number of pyridine rings is 1. The zero-order valence-corrected chi connectivity index (χ0v) is 15.6. The number of halogens is 1. The largest absolute Gasteiger partial charge is 0.307 e. The van der Waals surface area contributed by atoms with Crippen molar-refractivity contribution in [1.82, 2.24) is 4.57 Å². The van der Waals surface area contributed by atoms with Crippen LogP contribution in [-0.4, -0.2) is 4.57 Å². The summed E-state index contributed by atoms with van der Waals surface area (Å²) >= 11 is 6.54. The van der Waals surface area contributed by atoms with Crippen LogP contribution < -0.4 is 5.43 Å². The van der Waals surface area contributed by atoms with E-state index < -0.39 is 0 Å². The van der Waals surface area contributed by atoms with Crippen LogP contribution in [-0.2, 0) is 0 Å².